The van der Waals surface area contributed by atoms with Crippen molar-refractivity contribution in [3.8, 4) is 0 Å². The Kier molecular flexibility index (Phi) is 4.42. The van der Waals surface area contributed by atoms with Gasteiger partial charge in [0.2, 0.25) is 0 Å². The zero-order valence-electron chi connectivity index (χ0n) is 10.7. The highest BCUT2D eigenvalue weighted by atomic mass is 79.9. The van der Waals surface area contributed by atoms with Gasteiger partial charge in [0.25, 0.3) is 0 Å². The summed E-state index contributed by atoms with van der Waals surface area (Å²) in [7, 11) is 0. The molecule has 2 rings (SSSR count). The lowest BCUT2D eigenvalue weighted by atomic mass is 10.1. The van der Waals surface area contributed by atoms with Gasteiger partial charge >= 0.3 is 0 Å². The summed E-state index contributed by atoms with van der Waals surface area (Å²) in [5, 5.41) is 4.92. The van der Waals surface area contributed by atoms with Gasteiger partial charge < -0.3 is 0 Å². The van der Waals surface area contributed by atoms with Gasteiger partial charge in [-0.15, -0.1) is 0 Å². The van der Waals surface area contributed by atoms with Crippen LogP contribution in [0.5, 0.6) is 0 Å². The molecule has 0 radical (unpaired) electrons. The number of rotatable bonds is 4. The van der Waals surface area contributed by atoms with E-state index in [1.807, 2.05) is 30.8 Å². The molecule has 2 aromatic rings. The summed E-state index contributed by atoms with van der Waals surface area (Å²) < 4.78 is 2.65. The van der Waals surface area contributed by atoms with Gasteiger partial charge in [0.15, 0.2) is 5.78 Å². The Morgan fingerprint density at radius 2 is 2.16 bits per heavy atom. The van der Waals surface area contributed by atoms with Gasteiger partial charge in [0, 0.05) is 27.3 Å². The molecular weight excluding hydrogens is 328 g/mol. The number of hydrogen-bond donors (Lipinski definition) is 0. The second-order valence-electron chi connectivity index (χ2n) is 4.64. The Morgan fingerprint density at radius 1 is 1.42 bits per heavy atom. The van der Waals surface area contributed by atoms with Crippen LogP contribution in [0, 0.1) is 0 Å². The molecule has 0 aliphatic heterocycles. The molecule has 1 aromatic carbocycles. The maximum absolute atomic E-state index is 12.2. The number of halogens is 2. The van der Waals surface area contributed by atoms with Crippen LogP contribution in [-0.4, -0.2) is 15.6 Å². The lowest BCUT2D eigenvalue weighted by Crippen LogP contribution is -2.06. The highest BCUT2D eigenvalue weighted by Crippen LogP contribution is 2.20. The smallest absolute Gasteiger partial charge is 0.168 e. The molecule has 19 heavy (non-hydrogen) atoms. The fourth-order valence-corrected chi connectivity index (χ4v) is 2.60. The minimum atomic E-state index is 0.0113. The molecule has 0 unspecified atom stereocenters. The number of ketones is 1. The minimum Gasteiger partial charge on any atom is -0.294 e. The number of carbonyl (C=O) groups excluding carboxylic acids is 1. The van der Waals surface area contributed by atoms with Crippen molar-refractivity contribution in [3.05, 3.63) is 51.2 Å². The molecule has 0 atom stereocenters. The third-order valence-electron chi connectivity index (χ3n) is 2.72. The number of aromatic nitrogens is 2. The van der Waals surface area contributed by atoms with Crippen molar-refractivity contribution in [2.45, 2.75) is 26.3 Å². The molecule has 0 bridgehead atoms. The topological polar surface area (TPSA) is 34.9 Å². The van der Waals surface area contributed by atoms with Crippen LogP contribution in [-0.2, 0) is 6.42 Å². The first-order chi connectivity index (χ1) is 8.95. The number of nitrogens with zero attached hydrogens (tertiary/aromatic N) is 2. The number of benzene rings is 1. The molecule has 0 N–H and O–H groups in total. The van der Waals surface area contributed by atoms with Crippen molar-refractivity contribution < 1.29 is 4.79 Å². The largest absolute Gasteiger partial charge is 0.294 e. The Bertz CT molecular complexity index is 587. The molecule has 0 amide bonds. The van der Waals surface area contributed by atoms with Crippen LogP contribution in [0.4, 0.5) is 0 Å². The summed E-state index contributed by atoms with van der Waals surface area (Å²) in [6, 6.07) is 7.37. The minimum absolute atomic E-state index is 0.0113. The van der Waals surface area contributed by atoms with E-state index in [9.17, 15) is 4.79 Å². The highest BCUT2D eigenvalue weighted by molar-refractivity contribution is 9.10. The molecule has 0 aliphatic carbocycles. The van der Waals surface area contributed by atoms with E-state index in [0.717, 1.165) is 10.2 Å². The van der Waals surface area contributed by atoms with E-state index in [1.54, 1.807) is 18.2 Å². The Balaban J connectivity index is 2.15. The second kappa shape index (κ2) is 5.88. The fourth-order valence-electron chi connectivity index (χ4n) is 1.74. The van der Waals surface area contributed by atoms with Crippen LogP contribution in [0.1, 0.15) is 35.9 Å². The molecule has 0 spiro atoms. The zero-order chi connectivity index (χ0) is 14.0. The first-order valence-electron chi connectivity index (χ1n) is 5.99. The van der Waals surface area contributed by atoms with E-state index < -0.39 is 0 Å². The summed E-state index contributed by atoms with van der Waals surface area (Å²) in [5.41, 5.74) is 1.37. The standard InChI is InChI=1S/C14H14BrClN2O/c1-9(2)18-4-3-13(17-18)8-14(19)10-5-11(15)7-12(16)6-10/h3-7,9H,8H2,1-2H3. The van der Waals surface area contributed by atoms with Crippen LogP contribution < -0.4 is 0 Å². The third-order valence-corrected chi connectivity index (χ3v) is 3.39. The number of Topliss-reactive ketones (excluding diaryl/α,β-unsaturated/α-hetero) is 1. The SMILES string of the molecule is CC(C)n1ccc(CC(=O)c2cc(Cl)cc(Br)c2)n1. The first kappa shape index (κ1) is 14.3. The predicted octanol–water partition coefficient (Wildman–Crippen LogP) is 4.31. The predicted molar refractivity (Wildman–Crippen MR) is 79.8 cm³/mol. The Hall–Kier alpha value is -1.13. The molecule has 0 saturated carbocycles. The molecule has 1 aromatic heterocycles. The summed E-state index contributed by atoms with van der Waals surface area (Å²) in [4.78, 5) is 12.2. The van der Waals surface area contributed by atoms with Gasteiger partial charge in [0.05, 0.1) is 12.1 Å². The molecule has 0 fully saturated rings. The average Bonchev–Trinajstić information content (AvgIpc) is 2.76. The van der Waals surface area contributed by atoms with Gasteiger partial charge in [-0.1, -0.05) is 27.5 Å². The zero-order valence-corrected chi connectivity index (χ0v) is 13.1. The number of hydrogen-bond acceptors (Lipinski definition) is 2. The van der Waals surface area contributed by atoms with Gasteiger partial charge in [-0.2, -0.15) is 5.10 Å². The van der Waals surface area contributed by atoms with E-state index in [2.05, 4.69) is 21.0 Å². The van der Waals surface area contributed by atoms with Gasteiger partial charge in [-0.05, 0) is 38.1 Å². The van der Waals surface area contributed by atoms with E-state index in [4.69, 9.17) is 11.6 Å². The summed E-state index contributed by atoms with van der Waals surface area (Å²) in [6.07, 6.45) is 2.17. The van der Waals surface area contributed by atoms with E-state index in [1.165, 1.54) is 0 Å². The van der Waals surface area contributed by atoms with Crippen molar-refractivity contribution >= 4 is 33.3 Å². The lowest BCUT2D eigenvalue weighted by molar-refractivity contribution is 0.0991. The normalized spacial score (nSPS) is 11.0. The van der Waals surface area contributed by atoms with Crippen LogP contribution in [0.3, 0.4) is 0 Å². The summed E-state index contributed by atoms with van der Waals surface area (Å²) >= 11 is 9.27. The third kappa shape index (κ3) is 3.67. The second-order valence-corrected chi connectivity index (χ2v) is 5.99. The van der Waals surface area contributed by atoms with Crippen molar-refractivity contribution in [3.63, 3.8) is 0 Å². The summed E-state index contributed by atoms with van der Waals surface area (Å²) in [5.74, 6) is 0.0113. The van der Waals surface area contributed by atoms with Crippen LogP contribution in [0.15, 0.2) is 34.9 Å². The van der Waals surface area contributed by atoms with E-state index in [0.29, 0.717) is 16.6 Å². The Morgan fingerprint density at radius 3 is 2.74 bits per heavy atom. The van der Waals surface area contributed by atoms with Crippen LogP contribution >= 0.6 is 27.5 Å². The fraction of sp³-hybridized carbons (Fsp3) is 0.286. The molecule has 3 nitrogen and oxygen atoms in total. The van der Waals surface area contributed by atoms with Crippen LogP contribution in [0.25, 0.3) is 0 Å². The van der Waals surface area contributed by atoms with Crippen LogP contribution in [0.2, 0.25) is 5.02 Å². The lowest BCUT2D eigenvalue weighted by Gasteiger charge is -2.04. The molecule has 0 saturated heterocycles. The maximum atomic E-state index is 12.2. The van der Waals surface area contributed by atoms with Crippen molar-refractivity contribution in [2.24, 2.45) is 0 Å². The first-order valence-corrected chi connectivity index (χ1v) is 7.16. The molecule has 100 valence electrons. The van der Waals surface area contributed by atoms with Crippen molar-refractivity contribution in [1.82, 2.24) is 9.78 Å². The Labute approximate surface area is 125 Å². The highest BCUT2D eigenvalue weighted by Gasteiger charge is 2.11. The van der Waals surface area contributed by atoms with Gasteiger partial charge in [-0.25, -0.2) is 0 Å². The average molecular weight is 342 g/mol. The van der Waals surface area contributed by atoms with E-state index >= 15 is 0 Å². The van der Waals surface area contributed by atoms with Crippen molar-refractivity contribution in [2.75, 3.05) is 0 Å². The molecule has 1 heterocycles. The molecule has 5 heteroatoms. The van der Waals surface area contributed by atoms with Gasteiger partial charge in [-0.3, -0.25) is 9.48 Å². The maximum Gasteiger partial charge on any atom is 0.168 e. The van der Waals surface area contributed by atoms with E-state index in [-0.39, 0.29) is 12.2 Å². The van der Waals surface area contributed by atoms with Gasteiger partial charge in [0.1, 0.15) is 0 Å². The number of carbonyl (C=O) groups is 1. The summed E-state index contributed by atoms with van der Waals surface area (Å²) in [6.45, 7) is 4.10. The molecule has 0 aliphatic rings. The quantitative estimate of drug-likeness (QED) is 0.777. The van der Waals surface area contributed by atoms with Crippen molar-refractivity contribution in [1.29, 1.82) is 0 Å². The molecular formula is C14H14BrClN2O. The monoisotopic (exact) mass is 340 g/mol.